The van der Waals surface area contributed by atoms with Gasteiger partial charge in [-0.15, -0.1) is 13.2 Å². The molecule has 2 atom stereocenters. The van der Waals surface area contributed by atoms with Gasteiger partial charge < -0.3 is 10.2 Å². The van der Waals surface area contributed by atoms with Crippen LogP contribution < -0.4 is 0 Å². The van der Waals surface area contributed by atoms with Crippen LogP contribution in [0.25, 0.3) is 0 Å². The maximum Gasteiger partial charge on any atom is 0.0902 e. The minimum atomic E-state index is -0.994. The third-order valence-corrected chi connectivity index (χ3v) is 5.30. The summed E-state index contributed by atoms with van der Waals surface area (Å²) < 4.78 is 0. The van der Waals surface area contributed by atoms with E-state index < -0.39 is 11.2 Å². The molecule has 0 saturated heterocycles. The molecule has 2 nitrogen and oxygen atoms in total. The Bertz CT molecular complexity index is 318. The molecule has 0 aromatic rings. The SMILES string of the molecule is C=CCCCCCCCCCC(C)(O)C(C)(O)CCCCCC=C. The van der Waals surface area contributed by atoms with Crippen LogP contribution in [-0.4, -0.2) is 21.4 Å². The molecule has 2 unspecified atom stereocenters. The second-order valence-electron chi connectivity index (χ2n) is 7.74. The largest absolute Gasteiger partial charge is 0.387 e. The normalized spacial score (nSPS) is 16.3. The zero-order chi connectivity index (χ0) is 18.3. The van der Waals surface area contributed by atoms with Crippen LogP contribution in [0.15, 0.2) is 25.3 Å². The van der Waals surface area contributed by atoms with Gasteiger partial charge in [-0.25, -0.2) is 0 Å². The molecule has 0 radical (unpaired) electrons. The molecule has 0 spiro atoms. The van der Waals surface area contributed by atoms with Crippen LogP contribution in [0.3, 0.4) is 0 Å². The fraction of sp³-hybridized carbons (Fsp3) is 0.818. The Balaban J connectivity index is 3.80. The van der Waals surface area contributed by atoms with Crippen molar-refractivity contribution in [2.75, 3.05) is 0 Å². The minimum Gasteiger partial charge on any atom is -0.387 e. The Morgan fingerprint density at radius 2 is 0.875 bits per heavy atom. The molecule has 24 heavy (non-hydrogen) atoms. The van der Waals surface area contributed by atoms with Gasteiger partial charge in [0.05, 0.1) is 11.2 Å². The number of unbranched alkanes of at least 4 members (excludes halogenated alkanes) is 10. The molecule has 0 heterocycles. The molecule has 0 fully saturated rings. The van der Waals surface area contributed by atoms with Crippen LogP contribution in [0.4, 0.5) is 0 Å². The van der Waals surface area contributed by atoms with Gasteiger partial charge in [-0.1, -0.05) is 63.5 Å². The lowest BCUT2D eigenvalue weighted by Gasteiger charge is -2.39. The molecule has 0 aliphatic heterocycles. The van der Waals surface area contributed by atoms with Crippen molar-refractivity contribution in [2.45, 2.75) is 115 Å². The Labute approximate surface area is 151 Å². The zero-order valence-electron chi connectivity index (χ0n) is 16.4. The van der Waals surface area contributed by atoms with Crippen LogP contribution in [0, 0.1) is 0 Å². The molecule has 2 heteroatoms. The van der Waals surface area contributed by atoms with Gasteiger partial charge in [-0.05, 0) is 52.4 Å². The lowest BCUT2D eigenvalue weighted by molar-refractivity contribution is -0.140. The van der Waals surface area contributed by atoms with Crippen molar-refractivity contribution in [1.29, 1.82) is 0 Å². The topological polar surface area (TPSA) is 40.5 Å². The lowest BCUT2D eigenvalue weighted by Crippen LogP contribution is -2.49. The molecular weight excluding hydrogens is 296 g/mol. The predicted octanol–water partition coefficient (Wildman–Crippen LogP) is 6.32. The highest BCUT2D eigenvalue weighted by atomic mass is 16.4. The Hall–Kier alpha value is -0.600. The summed E-state index contributed by atoms with van der Waals surface area (Å²) >= 11 is 0. The average molecular weight is 339 g/mol. The molecule has 0 saturated carbocycles. The molecular formula is C22H42O2. The van der Waals surface area contributed by atoms with E-state index in [0.717, 1.165) is 44.9 Å². The summed E-state index contributed by atoms with van der Waals surface area (Å²) in [6.07, 6.45) is 19.1. The molecule has 0 aliphatic carbocycles. The molecule has 0 aliphatic rings. The van der Waals surface area contributed by atoms with Crippen molar-refractivity contribution in [3.63, 3.8) is 0 Å². The third-order valence-electron chi connectivity index (χ3n) is 5.30. The van der Waals surface area contributed by atoms with Crippen molar-refractivity contribution in [3.8, 4) is 0 Å². The lowest BCUT2D eigenvalue weighted by atomic mass is 9.78. The highest BCUT2D eigenvalue weighted by Gasteiger charge is 2.40. The number of hydrogen-bond donors (Lipinski definition) is 2. The van der Waals surface area contributed by atoms with Crippen molar-refractivity contribution < 1.29 is 10.2 Å². The minimum absolute atomic E-state index is 0.667. The summed E-state index contributed by atoms with van der Waals surface area (Å²) in [6, 6.07) is 0. The smallest absolute Gasteiger partial charge is 0.0902 e. The van der Waals surface area contributed by atoms with Gasteiger partial charge in [-0.2, -0.15) is 0 Å². The quantitative estimate of drug-likeness (QED) is 0.240. The van der Waals surface area contributed by atoms with E-state index in [-0.39, 0.29) is 0 Å². The first-order valence-corrected chi connectivity index (χ1v) is 10.0. The Kier molecular flexibility index (Phi) is 13.3. The van der Waals surface area contributed by atoms with E-state index in [1.54, 1.807) is 13.8 Å². The van der Waals surface area contributed by atoms with Gasteiger partial charge in [-0.3, -0.25) is 0 Å². The van der Waals surface area contributed by atoms with Crippen molar-refractivity contribution in [2.24, 2.45) is 0 Å². The molecule has 0 aromatic heterocycles. The van der Waals surface area contributed by atoms with Gasteiger partial charge >= 0.3 is 0 Å². The molecule has 0 rings (SSSR count). The van der Waals surface area contributed by atoms with Crippen LogP contribution in [0.2, 0.25) is 0 Å². The highest BCUT2D eigenvalue weighted by molar-refractivity contribution is 4.93. The van der Waals surface area contributed by atoms with Gasteiger partial charge in [0.1, 0.15) is 0 Å². The van der Waals surface area contributed by atoms with Gasteiger partial charge in [0, 0.05) is 0 Å². The molecule has 142 valence electrons. The van der Waals surface area contributed by atoms with E-state index in [0.29, 0.717) is 12.8 Å². The van der Waals surface area contributed by atoms with Gasteiger partial charge in [0.25, 0.3) is 0 Å². The van der Waals surface area contributed by atoms with E-state index >= 15 is 0 Å². The summed E-state index contributed by atoms with van der Waals surface area (Å²) in [5, 5.41) is 21.3. The zero-order valence-corrected chi connectivity index (χ0v) is 16.4. The van der Waals surface area contributed by atoms with Crippen LogP contribution in [0.5, 0.6) is 0 Å². The van der Waals surface area contributed by atoms with Crippen LogP contribution >= 0.6 is 0 Å². The monoisotopic (exact) mass is 338 g/mol. The molecule has 0 amide bonds. The van der Waals surface area contributed by atoms with E-state index in [4.69, 9.17) is 0 Å². The number of rotatable bonds is 17. The molecule has 0 aromatic carbocycles. The second-order valence-corrected chi connectivity index (χ2v) is 7.74. The molecule has 2 N–H and O–H groups in total. The van der Waals surface area contributed by atoms with Crippen LogP contribution in [0.1, 0.15) is 104 Å². The maximum atomic E-state index is 10.7. The summed E-state index contributed by atoms with van der Waals surface area (Å²) in [5.74, 6) is 0. The Morgan fingerprint density at radius 3 is 1.25 bits per heavy atom. The van der Waals surface area contributed by atoms with Crippen molar-refractivity contribution in [3.05, 3.63) is 25.3 Å². The number of hydrogen-bond acceptors (Lipinski definition) is 2. The van der Waals surface area contributed by atoms with Crippen molar-refractivity contribution in [1.82, 2.24) is 0 Å². The van der Waals surface area contributed by atoms with Gasteiger partial charge in [0.2, 0.25) is 0 Å². The van der Waals surface area contributed by atoms with Crippen LogP contribution in [-0.2, 0) is 0 Å². The first-order valence-electron chi connectivity index (χ1n) is 10.0. The summed E-state index contributed by atoms with van der Waals surface area (Å²) in [5.41, 5.74) is -1.98. The maximum absolute atomic E-state index is 10.7. The Morgan fingerprint density at radius 1 is 0.583 bits per heavy atom. The van der Waals surface area contributed by atoms with E-state index in [9.17, 15) is 10.2 Å². The second kappa shape index (κ2) is 13.7. The van der Waals surface area contributed by atoms with Crippen molar-refractivity contribution >= 4 is 0 Å². The fourth-order valence-corrected chi connectivity index (χ4v) is 3.12. The summed E-state index contributed by atoms with van der Waals surface area (Å²) in [7, 11) is 0. The molecule has 0 bridgehead atoms. The van der Waals surface area contributed by atoms with E-state index in [2.05, 4.69) is 13.2 Å². The fourth-order valence-electron chi connectivity index (χ4n) is 3.12. The summed E-state index contributed by atoms with van der Waals surface area (Å²) in [6.45, 7) is 11.1. The standard InChI is InChI=1S/C22H42O2/c1-5-7-9-11-12-13-14-16-18-20-22(4,24)21(3,23)19-17-15-10-8-6-2/h5-6,23-24H,1-2,7-20H2,3-4H3. The van der Waals surface area contributed by atoms with Gasteiger partial charge in [0.15, 0.2) is 0 Å². The number of allylic oxidation sites excluding steroid dienone is 2. The summed E-state index contributed by atoms with van der Waals surface area (Å²) in [4.78, 5) is 0. The van der Waals surface area contributed by atoms with E-state index in [1.807, 2.05) is 12.2 Å². The van der Waals surface area contributed by atoms with E-state index in [1.165, 1.54) is 32.1 Å². The number of aliphatic hydroxyl groups is 2. The predicted molar refractivity (Wildman–Crippen MR) is 106 cm³/mol. The average Bonchev–Trinajstić information content (AvgIpc) is 2.53. The first kappa shape index (κ1) is 23.4. The first-order chi connectivity index (χ1) is 11.4. The third kappa shape index (κ3) is 11.0. The highest BCUT2D eigenvalue weighted by Crippen LogP contribution is 2.32.